The summed E-state index contributed by atoms with van der Waals surface area (Å²) in [5, 5.41) is 8.37. The number of halogens is 5. The molecular formula is C24H24BrClF3N3O2S. The molecule has 0 spiro atoms. The molecule has 1 N–H and O–H groups in total. The number of carbonyl (C=O) groups is 2. The second kappa shape index (κ2) is 11.3. The largest absolute Gasteiger partial charge is 0.417 e. The van der Waals surface area contributed by atoms with E-state index in [4.69, 9.17) is 11.6 Å². The summed E-state index contributed by atoms with van der Waals surface area (Å²) >= 11 is 10.9. The summed E-state index contributed by atoms with van der Waals surface area (Å²) in [6.45, 7) is 1.48. The van der Waals surface area contributed by atoms with Crippen molar-refractivity contribution < 1.29 is 22.8 Å². The molecule has 0 bridgehead atoms. The van der Waals surface area contributed by atoms with Crippen LogP contribution in [0.4, 0.5) is 18.9 Å². The molecule has 5 nitrogen and oxygen atoms in total. The number of ketones is 1. The number of nitrogens with zero attached hydrogens (tertiary/aromatic N) is 2. The Labute approximate surface area is 219 Å². The van der Waals surface area contributed by atoms with Crippen LogP contribution in [-0.4, -0.2) is 47.5 Å². The molecule has 3 rings (SSSR count). The van der Waals surface area contributed by atoms with Gasteiger partial charge >= 0.3 is 6.18 Å². The minimum absolute atomic E-state index is 0.120. The van der Waals surface area contributed by atoms with Crippen LogP contribution < -0.4 is 5.32 Å². The molecule has 1 heterocycles. The van der Waals surface area contributed by atoms with E-state index in [1.54, 1.807) is 36.0 Å². The third-order valence-electron chi connectivity index (χ3n) is 5.78. The molecule has 11 heteroatoms. The van der Waals surface area contributed by atoms with Crippen LogP contribution in [0.15, 0.2) is 52.0 Å². The normalized spacial score (nSPS) is 17.9. The summed E-state index contributed by atoms with van der Waals surface area (Å²) in [6.07, 6.45) is -1.49. The van der Waals surface area contributed by atoms with E-state index < -0.39 is 22.2 Å². The van der Waals surface area contributed by atoms with E-state index >= 15 is 0 Å². The Morgan fingerprint density at radius 2 is 1.91 bits per heavy atom. The van der Waals surface area contributed by atoms with Gasteiger partial charge < -0.3 is 5.32 Å². The number of carbonyl (C=O) groups excluding carboxylic acids is 2. The Morgan fingerprint density at radius 3 is 2.49 bits per heavy atom. The van der Waals surface area contributed by atoms with Crippen molar-refractivity contribution in [2.75, 3.05) is 30.4 Å². The lowest BCUT2D eigenvalue weighted by atomic mass is 9.73. The molecule has 188 valence electrons. The van der Waals surface area contributed by atoms with Crippen molar-refractivity contribution in [2.24, 2.45) is 10.5 Å². The summed E-state index contributed by atoms with van der Waals surface area (Å²) in [5.74, 6) is 0.314. The summed E-state index contributed by atoms with van der Waals surface area (Å²) in [4.78, 5) is 25.7. The zero-order valence-corrected chi connectivity index (χ0v) is 22.2. The topological polar surface area (TPSA) is 61.8 Å². The number of hydrazone groups is 1. The van der Waals surface area contributed by atoms with Crippen molar-refractivity contribution in [1.82, 2.24) is 5.01 Å². The number of thioether (sulfide) groups is 1. The minimum atomic E-state index is -4.60. The van der Waals surface area contributed by atoms with Crippen molar-refractivity contribution >= 4 is 62.4 Å². The van der Waals surface area contributed by atoms with Crippen LogP contribution in [0, 0.1) is 5.41 Å². The molecule has 35 heavy (non-hydrogen) atoms. The SMILES string of the molecule is CSCCCC1(C(C)=O)CN(CC(=O)Nc2ccc(Br)cc2)N=C1c1ccc(C(F)(F)F)c(Cl)c1. The molecule has 0 radical (unpaired) electrons. The summed E-state index contributed by atoms with van der Waals surface area (Å²) in [6, 6.07) is 10.5. The fourth-order valence-corrected chi connectivity index (χ4v) is 5.03. The Hall–Kier alpha value is -2.04. The third kappa shape index (κ3) is 6.59. The van der Waals surface area contributed by atoms with Crippen molar-refractivity contribution in [2.45, 2.75) is 25.9 Å². The van der Waals surface area contributed by atoms with Gasteiger partial charge in [0.25, 0.3) is 0 Å². The van der Waals surface area contributed by atoms with Gasteiger partial charge in [-0.3, -0.25) is 14.6 Å². The minimum Gasteiger partial charge on any atom is -0.324 e. The molecular weight excluding hydrogens is 567 g/mol. The smallest absolute Gasteiger partial charge is 0.324 e. The molecule has 1 unspecified atom stereocenters. The Kier molecular flexibility index (Phi) is 8.93. The molecule has 1 aliphatic heterocycles. The summed E-state index contributed by atoms with van der Waals surface area (Å²) in [7, 11) is 0. The molecule has 0 aromatic heterocycles. The lowest BCUT2D eigenvalue weighted by Gasteiger charge is -2.28. The number of alkyl halides is 3. The van der Waals surface area contributed by atoms with Gasteiger partial charge in [-0.1, -0.05) is 33.6 Å². The van der Waals surface area contributed by atoms with Gasteiger partial charge in [0.2, 0.25) is 5.91 Å². The van der Waals surface area contributed by atoms with Crippen LogP contribution in [-0.2, 0) is 15.8 Å². The maximum atomic E-state index is 13.2. The quantitative estimate of drug-likeness (QED) is 0.339. The van der Waals surface area contributed by atoms with Crippen molar-refractivity contribution in [3.8, 4) is 0 Å². The van der Waals surface area contributed by atoms with Crippen LogP contribution in [0.25, 0.3) is 0 Å². The summed E-state index contributed by atoms with van der Waals surface area (Å²) in [5.41, 5.74) is -0.746. The lowest BCUT2D eigenvalue weighted by molar-refractivity contribution is -0.137. The standard InChI is InChI=1S/C24H24BrClF3N3O2S/c1-15(33)23(10-3-11-35-2)14-32(13-21(34)30-18-7-5-17(25)6-8-18)31-22(23)16-4-9-19(20(26)12-16)24(27,28)29/h4-9,12H,3,10-11,13-14H2,1-2H3,(H,30,34). The van der Waals surface area contributed by atoms with E-state index in [9.17, 15) is 22.8 Å². The first-order chi connectivity index (χ1) is 16.5. The van der Waals surface area contributed by atoms with E-state index in [0.717, 1.165) is 16.3 Å². The van der Waals surface area contributed by atoms with Gasteiger partial charge in [-0.25, -0.2) is 0 Å². The first-order valence-corrected chi connectivity index (χ1v) is 13.3. The number of Topliss-reactive ketones (excluding diaryl/α,β-unsaturated/α-hetero) is 1. The van der Waals surface area contributed by atoms with Gasteiger partial charge in [-0.05, 0) is 68.2 Å². The van der Waals surface area contributed by atoms with Crippen LogP contribution in [0.1, 0.15) is 30.9 Å². The number of hydrogen-bond donors (Lipinski definition) is 1. The fourth-order valence-electron chi connectivity index (χ4n) is 4.05. The van der Waals surface area contributed by atoms with E-state index in [1.807, 2.05) is 6.26 Å². The Bertz CT molecular complexity index is 1130. The molecule has 0 fully saturated rings. The van der Waals surface area contributed by atoms with Crippen molar-refractivity contribution in [3.05, 3.63) is 63.1 Å². The van der Waals surface area contributed by atoms with Crippen molar-refractivity contribution in [1.29, 1.82) is 0 Å². The molecule has 1 amide bonds. The van der Waals surface area contributed by atoms with E-state index in [0.29, 0.717) is 29.8 Å². The van der Waals surface area contributed by atoms with E-state index in [2.05, 4.69) is 26.3 Å². The molecule has 0 saturated carbocycles. The number of anilines is 1. The monoisotopic (exact) mass is 589 g/mol. The average molecular weight is 591 g/mol. The predicted octanol–water partition coefficient (Wildman–Crippen LogP) is 6.50. The summed E-state index contributed by atoms with van der Waals surface area (Å²) < 4.78 is 40.5. The van der Waals surface area contributed by atoms with Crippen LogP contribution in [0.5, 0.6) is 0 Å². The second-order valence-electron chi connectivity index (χ2n) is 8.25. The van der Waals surface area contributed by atoms with Crippen LogP contribution >= 0.6 is 39.3 Å². The highest BCUT2D eigenvalue weighted by Gasteiger charge is 2.47. The van der Waals surface area contributed by atoms with Gasteiger partial charge in [0.15, 0.2) is 0 Å². The highest BCUT2D eigenvalue weighted by Crippen LogP contribution is 2.40. The number of hydrogen-bond acceptors (Lipinski definition) is 5. The predicted molar refractivity (Wildman–Crippen MR) is 138 cm³/mol. The van der Waals surface area contributed by atoms with Gasteiger partial charge in [-0.15, -0.1) is 0 Å². The van der Waals surface area contributed by atoms with Crippen LogP contribution in [0.3, 0.4) is 0 Å². The average Bonchev–Trinajstić information content (AvgIpc) is 3.14. The van der Waals surface area contributed by atoms with E-state index in [1.165, 1.54) is 24.1 Å². The Balaban J connectivity index is 1.92. The lowest BCUT2D eigenvalue weighted by Crippen LogP contribution is -2.42. The molecule has 0 aliphatic carbocycles. The second-order valence-corrected chi connectivity index (χ2v) is 10.6. The van der Waals surface area contributed by atoms with Crippen molar-refractivity contribution in [3.63, 3.8) is 0 Å². The number of rotatable bonds is 9. The highest BCUT2D eigenvalue weighted by molar-refractivity contribution is 9.10. The first-order valence-electron chi connectivity index (χ1n) is 10.7. The van der Waals surface area contributed by atoms with Gasteiger partial charge in [-0.2, -0.15) is 30.0 Å². The van der Waals surface area contributed by atoms with Crippen LogP contribution in [0.2, 0.25) is 5.02 Å². The maximum Gasteiger partial charge on any atom is 0.417 e. The number of amides is 1. The van der Waals surface area contributed by atoms with Gasteiger partial charge in [0.1, 0.15) is 12.3 Å². The van der Waals surface area contributed by atoms with E-state index in [-0.39, 0.29) is 24.8 Å². The molecule has 0 saturated heterocycles. The molecule has 2 aromatic rings. The third-order valence-corrected chi connectivity index (χ3v) is 7.31. The maximum absolute atomic E-state index is 13.2. The molecule has 1 aliphatic rings. The number of nitrogens with one attached hydrogen (secondary N) is 1. The highest BCUT2D eigenvalue weighted by atomic mass is 79.9. The number of benzene rings is 2. The van der Waals surface area contributed by atoms with Gasteiger partial charge in [0, 0.05) is 15.7 Å². The molecule has 2 aromatic carbocycles. The first kappa shape index (κ1) is 27.5. The molecule has 1 atom stereocenters. The Morgan fingerprint density at radius 1 is 1.23 bits per heavy atom. The zero-order valence-electron chi connectivity index (χ0n) is 19.1. The zero-order chi connectivity index (χ0) is 25.8. The van der Waals surface area contributed by atoms with Gasteiger partial charge in [0.05, 0.1) is 28.3 Å². The fraction of sp³-hybridized carbons (Fsp3) is 0.375.